The van der Waals surface area contributed by atoms with Gasteiger partial charge in [-0.1, -0.05) is 24.3 Å². The van der Waals surface area contributed by atoms with Crippen LogP contribution in [0, 0.1) is 0 Å². The van der Waals surface area contributed by atoms with Crippen LogP contribution in [0.2, 0.25) is 0 Å². The van der Waals surface area contributed by atoms with Gasteiger partial charge in [0.15, 0.2) is 6.61 Å². The Labute approximate surface area is 171 Å². The van der Waals surface area contributed by atoms with Gasteiger partial charge in [0.1, 0.15) is 5.75 Å². The van der Waals surface area contributed by atoms with Gasteiger partial charge in [0.05, 0.1) is 5.56 Å². The number of likely N-dealkylation sites (N-methyl/N-ethyl adjacent to an activating group) is 1. The van der Waals surface area contributed by atoms with E-state index >= 15 is 0 Å². The van der Waals surface area contributed by atoms with Gasteiger partial charge in [0.25, 0.3) is 5.91 Å². The number of ether oxygens (including phenoxy) is 2. The van der Waals surface area contributed by atoms with Crippen LogP contribution in [-0.4, -0.2) is 43.1 Å². The Hall–Kier alpha value is -3.69. The number of primary amides is 1. The molecule has 0 aliphatic rings. The molecular formula is C20H21F2N3O5. The van der Waals surface area contributed by atoms with Gasteiger partial charge in [0.2, 0.25) is 0 Å². The van der Waals surface area contributed by atoms with Crippen molar-refractivity contribution in [2.75, 3.05) is 13.7 Å². The lowest BCUT2D eigenvalue weighted by Crippen LogP contribution is -2.30. The maximum atomic E-state index is 12.2. The highest BCUT2D eigenvalue weighted by molar-refractivity contribution is 5.91. The maximum Gasteiger partial charge on any atom is 0.387 e. The predicted molar refractivity (Wildman–Crippen MR) is 103 cm³/mol. The Bertz CT molecular complexity index is 873. The fourth-order valence-electron chi connectivity index (χ4n) is 2.41. The summed E-state index contributed by atoms with van der Waals surface area (Å²) in [5.74, 6) is -1.08. The molecule has 0 fully saturated rings. The molecule has 0 spiro atoms. The van der Waals surface area contributed by atoms with Crippen LogP contribution in [0.15, 0.2) is 48.5 Å². The molecular weight excluding hydrogens is 400 g/mol. The van der Waals surface area contributed by atoms with Crippen molar-refractivity contribution in [1.29, 1.82) is 0 Å². The molecule has 30 heavy (non-hydrogen) atoms. The third-order valence-electron chi connectivity index (χ3n) is 3.98. The van der Waals surface area contributed by atoms with Gasteiger partial charge in [-0.25, -0.2) is 9.59 Å². The molecule has 2 aromatic carbocycles. The monoisotopic (exact) mass is 421 g/mol. The van der Waals surface area contributed by atoms with Gasteiger partial charge in [-0.2, -0.15) is 8.78 Å². The number of nitrogens with one attached hydrogen (secondary N) is 1. The molecule has 0 heterocycles. The molecule has 0 bridgehead atoms. The summed E-state index contributed by atoms with van der Waals surface area (Å²) in [6.45, 7) is -2.93. The molecule has 0 aliphatic carbocycles. The van der Waals surface area contributed by atoms with E-state index in [1.54, 1.807) is 24.3 Å². The number of halogens is 2. The van der Waals surface area contributed by atoms with Crippen molar-refractivity contribution in [2.45, 2.75) is 19.7 Å². The number of rotatable bonds is 9. The number of hydrogen-bond acceptors (Lipinski definition) is 5. The van der Waals surface area contributed by atoms with Crippen molar-refractivity contribution in [2.24, 2.45) is 5.73 Å². The smallest absolute Gasteiger partial charge is 0.387 e. The molecule has 0 atom stereocenters. The predicted octanol–water partition coefficient (Wildman–Crippen LogP) is 2.27. The minimum absolute atomic E-state index is 0.0214. The number of benzene rings is 2. The van der Waals surface area contributed by atoms with Gasteiger partial charge in [0, 0.05) is 20.1 Å². The van der Waals surface area contributed by atoms with Crippen LogP contribution in [0.5, 0.6) is 5.75 Å². The first-order chi connectivity index (χ1) is 14.2. The number of nitrogens with two attached hydrogens (primary N) is 1. The fourth-order valence-corrected chi connectivity index (χ4v) is 2.41. The number of hydrogen-bond donors (Lipinski definition) is 2. The standard InChI is InChI=1S/C20H21F2N3O5/c1-25(11-14-4-8-16(9-5-14)30-19(21)22)17(26)12-29-18(27)15-6-2-13(3-7-15)10-24-20(23)28/h2-9,19H,10-12H2,1H3,(H3,23,24,28). The molecule has 160 valence electrons. The van der Waals surface area contributed by atoms with E-state index in [1.165, 1.54) is 36.2 Å². The van der Waals surface area contributed by atoms with Gasteiger partial charge < -0.3 is 25.4 Å². The number of carbonyl (C=O) groups excluding carboxylic acids is 3. The van der Waals surface area contributed by atoms with E-state index in [2.05, 4.69) is 10.1 Å². The van der Waals surface area contributed by atoms with E-state index in [-0.39, 0.29) is 24.4 Å². The van der Waals surface area contributed by atoms with Crippen molar-refractivity contribution in [3.8, 4) is 5.75 Å². The second-order valence-corrected chi connectivity index (χ2v) is 6.26. The zero-order valence-electron chi connectivity index (χ0n) is 16.1. The van der Waals surface area contributed by atoms with Crippen LogP contribution < -0.4 is 15.8 Å². The molecule has 0 aromatic heterocycles. The normalized spacial score (nSPS) is 10.4. The fraction of sp³-hybridized carbons (Fsp3) is 0.250. The van der Waals surface area contributed by atoms with E-state index in [9.17, 15) is 23.2 Å². The van der Waals surface area contributed by atoms with E-state index in [1.807, 2.05) is 0 Å². The summed E-state index contributed by atoms with van der Waals surface area (Å²) in [5, 5.41) is 2.43. The first-order valence-corrected chi connectivity index (χ1v) is 8.81. The van der Waals surface area contributed by atoms with Crippen LogP contribution in [0.25, 0.3) is 0 Å². The zero-order chi connectivity index (χ0) is 22.1. The second-order valence-electron chi connectivity index (χ2n) is 6.26. The van der Waals surface area contributed by atoms with E-state index < -0.39 is 31.1 Å². The maximum absolute atomic E-state index is 12.2. The molecule has 0 unspecified atom stereocenters. The van der Waals surface area contributed by atoms with Crippen molar-refractivity contribution >= 4 is 17.9 Å². The van der Waals surface area contributed by atoms with Gasteiger partial charge in [-0.05, 0) is 35.4 Å². The van der Waals surface area contributed by atoms with Crippen molar-refractivity contribution < 1.29 is 32.6 Å². The Morgan fingerprint density at radius 3 is 2.20 bits per heavy atom. The molecule has 3 amide bonds. The largest absolute Gasteiger partial charge is 0.452 e. The van der Waals surface area contributed by atoms with Crippen molar-refractivity contribution in [3.63, 3.8) is 0 Å². The van der Waals surface area contributed by atoms with Gasteiger partial charge >= 0.3 is 18.6 Å². The number of amides is 3. The first-order valence-electron chi connectivity index (χ1n) is 8.81. The lowest BCUT2D eigenvalue weighted by molar-refractivity contribution is -0.133. The summed E-state index contributed by atoms with van der Waals surface area (Å²) in [7, 11) is 1.53. The number of urea groups is 1. The van der Waals surface area contributed by atoms with Gasteiger partial charge in [-0.3, -0.25) is 4.79 Å². The summed E-state index contributed by atoms with van der Waals surface area (Å²) >= 11 is 0. The Balaban J connectivity index is 1.81. The average Bonchev–Trinajstić information content (AvgIpc) is 2.71. The third kappa shape index (κ3) is 7.38. The highest BCUT2D eigenvalue weighted by Gasteiger charge is 2.14. The number of alkyl halides is 2. The molecule has 2 aromatic rings. The summed E-state index contributed by atoms with van der Waals surface area (Å²) in [6, 6.07) is 11.5. The SMILES string of the molecule is CN(Cc1ccc(OC(F)F)cc1)C(=O)COC(=O)c1ccc(CNC(N)=O)cc1. The van der Waals surface area contributed by atoms with E-state index in [4.69, 9.17) is 10.5 Å². The molecule has 8 nitrogen and oxygen atoms in total. The van der Waals surface area contributed by atoms with Crippen LogP contribution >= 0.6 is 0 Å². The van der Waals surface area contributed by atoms with E-state index in [0.717, 1.165) is 5.56 Å². The lowest BCUT2D eigenvalue weighted by atomic mass is 10.1. The first kappa shape index (κ1) is 22.6. The Morgan fingerprint density at radius 1 is 1.03 bits per heavy atom. The number of nitrogens with zero attached hydrogens (tertiary/aromatic N) is 1. The highest BCUT2D eigenvalue weighted by atomic mass is 19.3. The molecule has 0 aliphatic heterocycles. The van der Waals surface area contributed by atoms with Crippen molar-refractivity contribution in [1.82, 2.24) is 10.2 Å². The summed E-state index contributed by atoms with van der Waals surface area (Å²) in [5.41, 5.74) is 6.68. The Kier molecular flexibility index (Phi) is 8.09. The van der Waals surface area contributed by atoms with E-state index in [0.29, 0.717) is 5.56 Å². The minimum Gasteiger partial charge on any atom is -0.452 e. The molecule has 0 radical (unpaired) electrons. The molecule has 10 heteroatoms. The highest BCUT2D eigenvalue weighted by Crippen LogP contribution is 2.16. The van der Waals surface area contributed by atoms with Crippen LogP contribution in [0.3, 0.4) is 0 Å². The molecule has 0 saturated heterocycles. The average molecular weight is 421 g/mol. The van der Waals surface area contributed by atoms with Crippen LogP contribution in [0.1, 0.15) is 21.5 Å². The number of carbonyl (C=O) groups is 3. The lowest BCUT2D eigenvalue weighted by Gasteiger charge is -2.17. The molecule has 0 saturated carbocycles. The summed E-state index contributed by atoms with van der Waals surface area (Å²) in [6.07, 6.45) is 0. The van der Waals surface area contributed by atoms with Crippen molar-refractivity contribution in [3.05, 3.63) is 65.2 Å². The van der Waals surface area contributed by atoms with Crippen LogP contribution in [-0.2, 0) is 22.6 Å². The second kappa shape index (κ2) is 10.7. The van der Waals surface area contributed by atoms with Crippen LogP contribution in [0.4, 0.5) is 13.6 Å². The summed E-state index contributed by atoms with van der Waals surface area (Å²) < 4.78 is 33.6. The third-order valence-corrected chi connectivity index (χ3v) is 3.98. The zero-order valence-corrected chi connectivity index (χ0v) is 16.1. The molecule has 3 N–H and O–H groups in total. The number of esters is 1. The molecule has 2 rings (SSSR count). The quantitative estimate of drug-likeness (QED) is 0.604. The summed E-state index contributed by atoms with van der Waals surface area (Å²) in [4.78, 5) is 36.3. The Morgan fingerprint density at radius 2 is 1.63 bits per heavy atom. The topological polar surface area (TPSA) is 111 Å². The minimum atomic E-state index is -2.90. The van der Waals surface area contributed by atoms with Gasteiger partial charge in [-0.15, -0.1) is 0 Å².